The van der Waals surface area contributed by atoms with E-state index in [0.29, 0.717) is 0 Å². The van der Waals surface area contributed by atoms with E-state index >= 15 is 0 Å². The fraction of sp³-hybridized carbons (Fsp3) is 0.462. The number of hydrogen-bond donors (Lipinski definition) is 1. The van der Waals surface area contributed by atoms with E-state index in [0.717, 1.165) is 23.5 Å². The van der Waals surface area contributed by atoms with Gasteiger partial charge in [0.05, 0.1) is 11.6 Å². The molecule has 100 valence electrons. The van der Waals surface area contributed by atoms with Crippen molar-refractivity contribution in [3.05, 3.63) is 24.3 Å². The summed E-state index contributed by atoms with van der Waals surface area (Å²) in [6.45, 7) is 5.12. The van der Waals surface area contributed by atoms with Crippen LogP contribution in [0.2, 0.25) is 0 Å². The number of aromatic nitrogens is 3. The van der Waals surface area contributed by atoms with Crippen molar-refractivity contribution < 1.29 is 0 Å². The molecule has 1 aromatic heterocycles. The first-order chi connectivity index (χ1) is 9.22. The molecule has 1 aliphatic rings. The topological polar surface area (TPSA) is 58.3 Å². The van der Waals surface area contributed by atoms with Crippen LogP contribution in [-0.2, 0) is 0 Å². The predicted molar refractivity (Wildman–Crippen MR) is 75.1 cm³/mol. The lowest BCUT2D eigenvalue weighted by Gasteiger charge is -2.25. The van der Waals surface area contributed by atoms with Gasteiger partial charge in [-0.05, 0) is 25.6 Å². The fourth-order valence-corrected chi connectivity index (χ4v) is 2.53. The molecule has 2 atom stereocenters. The fourth-order valence-electron chi connectivity index (χ4n) is 2.53. The summed E-state index contributed by atoms with van der Waals surface area (Å²) in [5.74, 6) is 0.840. The summed E-state index contributed by atoms with van der Waals surface area (Å²) in [7, 11) is 2.03. The largest absolute Gasteiger partial charge is 0.326 e. The Labute approximate surface area is 112 Å². The van der Waals surface area contributed by atoms with Crippen molar-refractivity contribution in [2.24, 2.45) is 4.99 Å². The van der Waals surface area contributed by atoms with E-state index in [4.69, 9.17) is 4.99 Å². The van der Waals surface area contributed by atoms with Gasteiger partial charge in [-0.15, -0.1) is 5.10 Å². The summed E-state index contributed by atoms with van der Waals surface area (Å²) >= 11 is 0. The number of para-hydroxylation sites is 1. The number of nitrogens with one attached hydrogen (secondary N) is 1. The molecule has 0 saturated carbocycles. The normalized spacial score (nSPS) is 23.1. The third-order valence-corrected chi connectivity index (χ3v) is 3.46. The Morgan fingerprint density at radius 1 is 1.32 bits per heavy atom. The number of aliphatic imine (C=N–C) groups is 1. The zero-order valence-electron chi connectivity index (χ0n) is 11.4. The van der Waals surface area contributed by atoms with E-state index in [-0.39, 0.29) is 12.2 Å². The smallest absolute Gasteiger partial charge is 0.225 e. The van der Waals surface area contributed by atoms with Crippen molar-refractivity contribution in [2.75, 3.05) is 13.6 Å². The summed E-state index contributed by atoms with van der Waals surface area (Å²) in [5, 5.41) is 11.8. The van der Waals surface area contributed by atoms with Gasteiger partial charge in [-0.25, -0.2) is 4.99 Å². The zero-order valence-corrected chi connectivity index (χ0v) is 11.4. The Morgan fingerprint density at radius 3 is 2.89 bits per heavy atom. The number of fused-ring (bicyclic) bond motifs is 1. The molecule has 0 amide bonds. The number of hydrogen-bond acceptors (Lipinski definition) is 5. The second-order valence-corrected chi connectivity index (χ2v) is 4.77. The third-order valence-electron chi connectivity index (χ3n) is 3.46. The standard InChI is InChI=1S/C13H18N6/c1-4-14-12-9(2)15-13(18(12)3)19-11-8-6-5-7-10(11)16-17-19/h5-9,12,14H,4H2,1-3H3. The van der Waals surface area contributed by atoms with Crippen LogP contribution < -0.4 is 5.32 Å². The molecule has 1 N–H and O–H groups in total. The van der Waals surface area contributed by atoms with Gasteiger partial charge in [0.15, 0.2) is 0 Å². The highest BCUT2D eigenvalue weighted by molar-refractivity contribution is 5.91. The average molecular weight is 258 g/mol. The van der Waals surface area contributed by atoms with Crippen LogP contribution in [0, 0.1) is 0 Å². The monoisotopic (exact) mass is 258 g/mol. The second-order valence-electron chi connectivity index (χ2n) is 4.77. The van der Waals surface area contributed by atoms with Gasteiger partial charge in [0.2, 0.25) is 5.96 Å². The molecule has 6 heteroatoms. The van der Waals surface area contributed by atoms with Crippen LogP contribution >= 0.6 is 0 Å². The molecule has 3 rings (SSSR count). The lowest BCUT2D eigenvalue weighted by molar-refractivity contribution is 0.300. The molecule has 0 aliphatic carbocycles. The van der Waals surface area contributed by atoms with Gasteiger partial charge in [0.25, 0.3) is 0 Å². The SMILES string of the molecule is CCNC1C(C)N=C(n2nnc3ccccc32)N1C. The molecular formula is C13H18N6. The molecule has 0 fully saturated rings. The van der Waals surface area contributed by atoms with Gasteiger partial charge in [-0.1, -0.05) is 24.3 Å². The summed E-state index contributed by atoms with van der Waals surface area (Å²) in [6.07, 6.45) is 0.211. The minimum Gasteiger partial charge on any atom is -0.326 e. The summed E-state index contributed by atoms with van der Waals surface area (Å²) in [6, 6.07) is 8.12. The zero-order chi connectivity index (χ0) is 13.4. The lowest BCUT2D eigenvalue weighted by Crippen LogP contribution is -2.48. The van der Waals surface area contributed by atoms with E-state index in [1.807, 2.05) is 36.0 Å². The van der Waals surface area contributed by atoms with Crippen LogP contribution in [0.25, 0.3) is 11.0 Å². The molecule has 0 bridgehead atoms. The maximum absolute atomic E-state index is 4.70. The highest BCUT2D eigenvalue weighted by Gasteiger charge is 2.32. The van der Waals surface area contributed by atoms with Gasteiger partial charge < -0.3 is 4.90 Å². The lowest BCUT2D eigenvalue weighted by atomic mass is 10.3. The second kappa shape index (κ2) is 4.62. The van der Waals surface area contributed by atoms with E-state index in [1.165, 1.54) is 0 Å². The molecule has 0 radical (unpaired) electrons. The van der Waals surface area contributed by atoms with Gasteiger partial charge in [0.1, 0.15) is 11.7 Å². The molecular weight excluding hydrogens is 240 g/mol. The van der Waals surface area contributed by atoms with Gasteiger partial charge >= 0.3 is 0 Å². The predicted octanol–water partition coefficient (Wildman–Crippen LogP) is 0.905. The number of likely N-dealkylation sites (N-methyl/N-ethyl adjacent to an activating group) is 2. The third kappa shape index (κ3) is 1.88. The molecule has 0 saturated heterocycles. The van der Waals surface area contributed by atoms with Crippen molar-refractivity contribution in [1.29, 1.82) is 0 Å². The number of nitrogens with zero attached hydrogens (tertiary/aromatic N) is 5. The van der Waals surface area contributed by atoms with E-state index in [2.05, 4.69) is 34.4 Å². The van der Waals surface area contributed by atoms with Crippen LogP contribution in [-0.4, -0.2) is 51.7 Å². The quantitative estimate of drug-likeness (QED) is 0.869. The Bertz CT molecular complexity index is 616. The van der Waals surface area contributed by atoms with Crippen LogP contribution in [0.1, 0.15) is 13.8 Å². The maximum atomic E-state index is 4.70. The van der Waals surface area contributed by atoms with Gasteiger partial charge in [-0.2, -0.15) is 4.68 Å². The Balaban J connectivity index is 2.01. The first kappa shape index (κ1) is 12.1. The molecule has 6 nitrogen and oxygen atoms in total. The molecule has 1 aromatic carbocycles. The minimum absolute atomic E-state index is 0.197. The first-order valence-electron chi connectivity index (χ1n) is 6.57. The number of rotatable bonds is 2. The van der Waals surface area contributed by atoms with Gasteiger partial charge in [0, 0.05) is 7.05 Å². The molecule has 2 unspecified atom stereocenters. The first-order valence-corrected chi connectivity index (χ1v) is 6.57. The van der Waals surface area contributed by atoms with Crippen LogP contribution in [0.3, 0.4) is 0 Å². The maximum Gasteiger partial charge on any atom is 0.225 e. The van der Waals surface area contributed by atoms with Crippen LogP contribution in [0.4, 0.5) is 0 Å². The number of benzene rings is 1. The van der Waals surface area contributed by atoms with E-state index < -0.39 is 0 Å². The van der Waals surface area contributed by atoms with Crippen LogP contribution in [0.15, 0.2) is 29.3 Å². The molecule has 19 heavy (non-hydrogen) atoms. The highest BCUT2D eigenvalue weighted by Crippen LogP contribution is 2.17. The Kier molecular flexibility index (Phi) is 2.94. The highest BCUT2D eigenvalue weighted by atomic mass is 15.5. The Morgan fingerprint density at radius 2 is 2.11 bits per heavy atom. The Hall–Kier alpha value is -1.95. The van der Waals surface area contributed by atoms with Crippen molar-refractivity contribution in [1.82, 2.24) is 25.2 Å². The summed E-state index contributed by atoms with van der Waals surface area (Å²) in [4.78, 5) is 6.82. The molecule has 2 aromatic rings. The van der Waals surface area contributed by atoms with Gasteiger partial charge in [-0.3, -0.25) is 5.32 Å². The van der Waals surface area contributed by atoms with Crippen LogP contribution in [0.5, 0.6) is 0 Å². The average Bonchev–Trinajstić information content (AvgIpc) is 2.95. The van der Waals surface area contributed by atoms with Crippen molar-refractivity contribution in [3.8, 4) is 0 Å². The molecule has 2 heterocycles. The van der Waals surface area contributed by atoms with E-state index in [1.54, 1.807) is 0 Å². The summed E-state index contributed by atoms with van der Waals surface area (Å²) < 4.78 is 1.81. The minimum atomic E-state index is 0.197. The van der Waals surface area contributed by atoms with E-state index in [9.17, 15) is 0 Å². The van der Waals surface area contributed by atoms with Crippen molar-refractivity contribution in [2.45, 2.75) is 26.1 Å². The summed E-state index contributed by atoms with van der Waals surface area (Å²) in [5.41, 5.74) is 1.87. The van der Waals surface area contributed by atoms with Crippen molar-refractivity contribution in [3.63, 3.8) is 0 Å². The molecule has 0 spiro atoms. The molecule has 1 aliphatic heterocycles. The van der Waals surface area contributed by atoms with Crippen molar-refractivity contribution >= 4 is 17.0 Å².